The molecule has 1 fully saturated rings. The highest BCUT2D eigenvalue weighted by molar-refractivity contribution is 6.02. The van der Waals surface area contributed by atoms with Crippen LogP contribution in [0.3, 0.4) is 0 Å². The van der Waals surface area contributed by atoms with E-state index in [4.69, 9.17) is 14.2 Å². The zero-order chi connectivity index (χ0) is 18.6. The number of benzene rings is 2. The lowest BCUT2D eigenvalue weighted by atomic mass is 10.1. The number of methoxy groups -OCH3 is 1. The standard InChI is InChI=1S/C21H24N2O4/c1-25-19-10-9-14-5-4-6-16(14)20(19)23-21(24)22-17-7-2-3-8-18(17)27-15-11-12-26-13-15/h2-3,7-10,15H,4-6,11-13H2,1H3,(H2,22,23,24)/t15-/m1/s1. The maximum atomic E-state index is 12.7. The average Bonchev–Trinajstić information content (AvgIpc) is 3.35. The summed E-state index contributed by atoms with van der Waals surface area (Å²) in [7, 11) is 1.62. The van der Waals surface area contributed by atoms with Crippen LogP contribution >= 0.6 is 0 Å². The number of urea groups is 1. The number of amides is 2. The number of hydrogen-bond acceptors (Lipinski definition) is 4. The molecule has 2 aliphatic rings. The maximum Gasteiger partial charge on any atom is 0.323 e. The Hall–Kier alpha value is -2.73. The summed E-state index contributed by atoms with van der Waals surface area (Å²) in [6.45, 7) is 1.29. The largest absolute Gasteiger partial charge is 0.495 e. The zero-order valence-corrected chi connectivity index (χ0v) is 15.4. The van der Waals surface area contributed by atoms with E-state index in [1.54, 1.807) is 7.11 Å². The summed E-state index contributed by atoms with van der Waals surface area (Å²) in [5, 5.41) is 5.88. The van der Waals surface area contributed by atoms with E-state index in [-0.39, 0.29) is 12.1 Å². The lowest BCUT2D eigenvalue weighted by Crippen LogP contribution is -2.22. The van der Waals surface area contributed by atoms with Gasteiger partial charge in [-0.05, 0) is 48.6 Å². The lowest BCUT2D eigenvalue weighted by Gasteiger charge is -2.18. The second-order valence-corrected chi connectivity index (χ2v) is 6.81. The minimum Gasteiger partial charge on any atom is -0.495 e. The van der Waals surface area contributed by atoms with Crippen molar-refractivity contribution >= 4 is 17.4 Å². The Kier molecular flexibility index (Phi) is 5.16. The first-order valence-corrected chi connectivity index (χ1v) is 9.35. The third kappa shape index (κ3) is 3.85. The third-order valence-electron chi connectivity index (χ3n) is 5.02. The van der Waals surface area contributed by atoms with E-state index in [2.05, 4.69) is 16.7 Å². The van der Waals surface area contributed by atoms with Crippen LogP contribution in [0, 0.1) is 0 Å². The Morgan fingerprint density at radius 2 is 2.00 bits per heavy atom. The highest BCUT2D eigenvalue weighted by Crippen LogP contribution is 2.36. The predicted octanol–water partition coefficient (Wildman–Crippen LogP) is 4.00. The van der Waals surface area contributed by atoms with Gasteiger partial charge in [0.2, 0.25) is 0 Å². The van der Waals surface area contributed by atoms with Gasteiger partial charge in [0.05, 0.1) is 31.7 Å². The Morgan fingerprint density at radius 1 is 1.11 bits per heavy atom. The number of hydrogen-bond donors (Lipinski definition) is 2. The van der Waals surface area contributed by atoms with Gasteiger partial charge in [-0.1, -0.05) is 18.2 Å². The molecule has 0 spiro atoms. The molecule has 1 aliphatic carbocycles. The van der Waals surface area contributed by atoms with E-state index in [1.807, 2.05) is 30.3 Å². The van der Waals surface area contributed by atoms with Crippen molar-refractivity contribution < 1.29 is 19.0 Å². The molecule has 1 heterocycles. The van der Waals surface area contributed by atoms with Crippen LogP contribution in [0.5, 0.6) is 11.5 Å². The quantitative estimate of drug-likeness (QED) is 0.837. The van der Waals surface area contributed by atoms with E-state index >= 15 is 0 Å². The van der Waals surface area contributed by atoms with Crippen molar-refractivity contribution in [2.75, 3.05) is 31.0 Å². The molecule has 2 amide bonds. The molecule has 0 bridgehead atoms. The zero-order valence-electron chi connectivity index (χ0n) is 15.4. The summed E-state index contributed by atoms with van der Waals surface area (Å²) in [6, 6.07) is 11.1. The third-order valence-corrected chi connectivity index (χ3v) is 5.02. The maximum absolute atomic E-state index is 12.7. The van der Waals surface area contributed by atoms with Crippen LogP contribution in [-0.2, 0) is 17.6 Å². The Morgan fingerprint density at radius 3 is 2.81 bits per heavy atom. The Bertz CT molecular complexity index is 831. The monoisotopic (exact) mass is 368 g/mol. The van der Waals surface area contributed by atoms with E-state index < -0.39 is 0 Å². The van der Waals surface area contributed by atoms with Gasteiger partial charge in [-0.25, -0.2) is 4.79 Å². The highest BCUT2D eigenvalue weighted by Gasteiger charge is 2.22. The Labute approximate surface area is 158 Å². The number of ether oxygens (including phenoxy) is 3. The molecule has 1 saturated heterocycles. The van der Waals surface area contributed by atoms with Gasteiger partial charge in [0, 0.05) is 6.42 Å². The van der Waals surface area contributed by atoms with E-state index in [0.717, 1.165) is 36.9 Å². The molecule has 0 radical (unpaired) electrons. The number of carbonyl (C=O) groups excluding carboxylic acids is 1. The van der Waals surface area contributed by atoms with E-state index in [1.165, 1.54) is 5.56 Å². The van der Waals surface area contributed by atoms with Crippen LogP contribution in [0.1, 0.15) is 24.0 Å². The molecular formula is C21H24N2O4. The lowest BCUT2D eigenvalue weighted by molar-refractivity contribution is 0.142. The smallest absolute Gasteiger partial charge is 0.323 e. The molecule has 1 atom stereocenters. The van der Waals surface area contributed by atoms with Crippen LogP contribution in [0.15, 0.2) is 36.4 Å². The predicted molar refractivity (Wildman–Crippen MR) is 104 cm³/mol. The second-order valence-electron chi connectivity index (χ2n) is 6.81. The fourth-order valence-corrected chi connectivity index (χ4v) is 3.68. The van der Waals surface area contributed by atoms with Gasteiger partial charge in [-0.2, -0.15) is 0 Å². The molecule has 1 aliphatic heterocycles. The summed E-state index contributed by atoms with van der Waals surface area (Å²) in [6.07, 6.45) is 3.96. The van der Waals surface area contributed by atoms with Gasteiger partial charge in [0.25, 0.3) is 0 Å². The van der Waals surface area contributed by atoms with Crippen LogP contribution in [0.2, 0.25) is 0 Å². The molecule has 4 rings (SSSR count). The van der Waals surface area contributed by atoms with E-state index in [9.17, 15) is 4.79 Å². The molecule has 0 unspecified atom stereocenters. The molecule has 6 heteroatoms. The number of fused-ring (bicyclic) bond motifs is 1. The first kappa shape index (κ1) is 17.7. The molecule has 0 aromatic heterocycles. The number of para-hydroxylation sites is 2. The Balaban J connectivity index is 1.50. The summed E-state index contributed by atoms with van der Waals surface area (Å²) in [5.41, 5.74) is 3.83. The fourth-order valence-electron chi connectivity index (χ4n) is 3.68. The fraction of sp³-hybridized carbons (Fsp3) is 0.381. The van der Waals surface area contributed by atoms with Crippen molar-refractivity contribution in [3.8, 4) is 11.5 Å². The summed E-state index contributed by atoms with van der Waals surface area (Å²) < 4.78 is 16.8. The summed E-state index contributed by atoms with van der Waals surface area (Å²) in [4.78, 5) is 12.7. The minimum atomic E-state index is -0.313. The number of nitrogens with one attached hydrogen (secondary N) is 2. The van der Waals surface area contributed by atoms with Gasteiger partial charge in [0.15, 0.2) is 0 Å². The normalized spacial score (nSPS) is 18.0. The van der Waals surface area contributed by atoms with Crippen molar-refractivity contribution in [2.24, 2.45) is 0 Å². The van der Waals surface area contributed by atoms with Crippen LogP contribution < -0.4 is 20.1 Å². The number of anilines is 2. The SMILES string of the molecule is COc1ccc2c(c1NC(=O)Nc1ccccc1O[C@@H]1CCOC1)CCC2. The van der Waals surface area contributed by atoms with Crippen molar-refractivity contribution in [3.63, 3.8) is 0 Å². The van der Waals surface area contributed by atoms with Crippen LogP contribution in [-0.4, -0.2) is 32.5 Å². The summed E-state index contributed by atoms with van der Waals surface area (Å²) >= 11 is 0. The first-order chi connectivity index (χ1) is 13.2. The molecule has 2 aromatic carbocycles. The van der Waals surface area contributed by atoms with Gasteiger partial charge >= 0.3 is 6.03 Å². The molecule has 2 aromatic rings. The summed E-state index contributed by atoms with van der Waals surface area (Å²) in [5.74, 6) is 1.33. The van der Waals surface area contributed by atoms with Crippen LogP contribution in [0.4, 0.5) is 16.2 Å². The topological polar surface area (TPSA) is 68.8 Å². The molecule has 0 saturated carbocycles. The number of aryl methyl sites for hydroxylation is 1. The minimum absolute atomic E-state index is 0.0218. The van der Waals surface area contributed by atoms with Gasteiger partial charge in [-0.3, -0.25) is 0 Å². The molecule has 2 N–H and O–H groups in total. The van der Waals surface area contributed by atoms with Crippen molar-refractivity contribution in [1.82, 2.24) is 0 Å². The molecule has 142 valence electrons. The molecule has 6 nitrogen and oxygen atoms in total. The van der Waals surface area contributed by atoms with Gasteiger partial charge in [0.1, 0.15) is 17.6 Å². The van der Waals surface area contributed by atoms with Crippen molar-refractivity contribution in [2.45, 2.75) is 31.8 Å². The van der Waals surface area contributed by atoms with Gasteiger partial charge in [-0.15, -0.1) is 0 Å². The number of rotatable bonds is 5. The van der Waals surface area contributed by atoms with E-state index in [0.29, 0.717) is 30.4 Å². The molecule has 27 heavy (non-hydrogen) atoms. The molecular weight excluding hydrogens is 344 g/mol. The van der Waals surface area contributed by atoms with Crippen molar-refractivity contribution in [1.29, 1.82) is 0 Å². The second kappa shape index (κ2) is 7.88. The highest BCUT2D eigenvalue weighted by atomic mass is 16.5. The first-order valence-electron chi connectivity index (χ1n) is 9.35. The van der Waals surface area contributed by atoms with Gasteiger partial charge < -0.3 is 24.8 Å². The van der Waals surface area contributed by atoms with Crippen molar-refractivity contribution in [3.05, 3.63) is 47.5 Å². The average molecular weight is 368 g/mol. The van der Waals surface area contributed by atoms with Crippen LogP contribution in [0.25, 0.3) is 0 Å². The number of carbonyl (C=O) groups is 1.